The summed E-state index contributed by atoms with van der Waals surface area (Å²) in [4.78, 5) is 0. The first-order valence-electron chi connectivity index (χ1n) is 5.79. The van der Waals surface area contributed by atoms with Crippen LogP contribution in [0.25, 0.3) is 0 Å². The fraction of sp³-hybridized carbons (Fsp3) is 0.333. The maximum atomic E-state index is 12.2. The maximum absolute atomic E-state index is 12.2. The molecule has 0 amide bonds. The largest absolute Gasteiger partial charge is 0.316 e. The second-order valence-corrected chi connectivity index (χ2v) is 7.84. The highest BCUT2D eigenvalue weighted by Crippen LogP contribution is 2.23. The molecule has 2 N–H and O–H groups in total. The number of rotatable bonds is 6. The summed E-state index contributed by atoms with van der Waals surface area (Å²) >= 11 is 2.81. The molecule has 0 aliphatic heterocycles. The zero-order valence-corrected chi connectivity index (χ0v) is 13.2. The minimum Gasteiger partial charge on any atom is -0.316 e. The van der Waals surface area contributed by atoms with Gasteiger partial charge in [-0.1, -0.05) is 0 Å². The van der Waals surface area contributed by atoms with Crippen LogP contribution in [-0.2, 0) is 16.6 Å². The van der Waals surface area contributed by atoms with Crippen molar-refractivity contribution in [2.75, 3.05) is 7.05 Å². The lowest BCUT2D eigenvalue weighted by molar-refractivity contribution is 0.569. The summed E-state index contributed by atoms with van der Waals surface area (Å²) in [5.41, 5.74) is 1.97. The lowest BCUT2D eigenvalue weighted by Crippen LogP contribution is -2.25. The van der Waals surface area contributed by atoms with Gasteiger partial charge >= 0.3 is 0 Å². The third-order valence-electron chi connectivity index (χ3n) is 2.65. The molecular weight excluding hydrogens is 300 g/mol. The highest BCUT2D eigenvalue weighted by molar-refractivity contribution is 7.91. The van der Waals surface area contributed by atoms with Gasteiger partial charge in [-0.25, -0.2) is 13.1 Å². The molecule has 0 aliphatic rings. The summed E-state index contributed by atoms with van der Waals surface area (Å²) in [6.07, 6.45) is 0. The van der Waals surface area contributed by atoms with Gasteiger partial charge in [0.2, 0.25) is 0 Å². The van der Waals surface area contributed by atoms with E-state index in [0.29, 0.717) is 10.8 Å². The van der Waals surface area contributed by atoms with Gasteiger partial charge < -0.3 is 5.32 Å². The van der Waals surface area contributed by atoms with Crippen molar-refractivity contribution in [2.24, 2.45) is 0 Å². The topological polar surface area (TPSA) is 58.2 Å². The molecule has 0 aliphatic carbocycles. The Bertz CT molecular complexity index is 617. The Labute approximate surface area is 121 Å². The molecule has 1 unspecified atom stereocenters. The summed E-state index contributed by atoms with van der Waals surface area (Å²) in [5, 5.41) is 8.76. The Hall–Kier alpha value is -0.730. The molecule has 0 aromatic carbocycles. The second-order valence-electron chi connectivity index (χ2n) is 4.20. The van der Waals surface area contributed by atoms with E-state index in [0.717, 1.165) is 11.1 Å². The molecule has 1 atom stereocenters. The standard InChI is InChI=1S/C12H16N2O2S3/c1-9(11-3-4-17-8-11)14-19(15,16)12-5-10(6-13-2)7-18-12/h3-5,7-9,13-14H,6H2,1-2H3. The van der Waals surface area contributed by atoms with Gasteiger partial charge in [0.15, 0.2) is 0 Å². The van der Waals surface area contributed by atoms with Crippen molar-refractivity contribution in [3.8, 4) is 0 Å². The molecule has 0 spiro atoms. The van der Waals surface area contributed by atoms with Gasteiger partial charge in [-0.2, -0.15) is 11.3 Å². The average Bonchev–Trinajstić information content (AvgIpc) is 2.99. The van der Waals surface area contributed by atoms with Crippen molar-refractivity contribution in [1.82, 2.24) is 10.0 Å². The summed E-state index contributed by atoms with van der Waals surface area (Å²) in [6, 6.07) is 3.42. The van der Waals surface area contributed by atoms with Crippen molar-refractivity contribution < 1.29 is 8.42 Å². The fourth-order valence-electron chi connectivity index (χ4n) is 1.67. The molecule has 104 valence electrons. The predicted molar refractivity (Wildman–Crippen MR) is 80.1 cm³/mol. The molecular formula is C12H16N2O2S3. The average molecular weight is 316 g/mol. The molecule has 2 heterocycles. The van der Waals surface area contributed by atoms with Crippen molar-refractivity contribution in [1.29, 1.82) is 0 Å². The number of hydrogen-bond acceptors (Lipinski definition) is 5. The van der Waals surface area contributed by atoms with Crippen LogP contribution in [-0.4, -0.2) is 15.5 Å². The van der Waals surface area contributed by atoms with Crippen molar-refractivity contribution >= 4 is 32.7 Å². The number of sulfonamides is 1. The maximum Gasteiger partial charge on any atom is 0.250 e. The Morgan fingerprint density at radius 2 is 2.16 bits per heavy atom. The molecule has 2 rings (SSSR count). The first-order valence-corrected chi connectivity index (χ1v) is 9.10. The van der Waals surface area contributed by atoms with E-state index in [-0.39, 0.29) is 6.04 Å². The SMILES string of the molecule is CNCc1csc(S(=O)(=O)NC(C)c2ccsc2)c1. The Morgan fingerprint density at radius 1 is 1.37 bits per heavy atom. The molecule has 2 aromatic rings. The van der Waals surface area contributed by atoms with Crippen LogP contribution in [0.1, 0.15) is 24.1 Å². The van der Waals surface area contributed by atoms with E-state index < -0.39 is 10.0 Å². The minimum absolute atomic E-state index is 0.217. The van der Waals surface area contributed by atoms with Crippen molar-refractivity contribution in [3.63, 3.8) is 0 Å². The van der Waals surface area contributed by atoms with E-state index in [1.54, 1.807) is 17.4 Å². The van der Waals surface area contributed by atoms with Crippen LogP contribution >= 0.6 is 22.7 Å². The van der Waals surface area contributed by atoms with Crippen molar-refractivity contribution in [2.45, 2.75) is 23.7 Å². The van der Waals surface area contributed by atoms with Crippen LogP contribution in [0.2, 0.25) is 0 Å². The molecule has 0 fully saturated rings. The second kappa shape index (κ2) is 6.15. The van der Waals surface area contributed by atoms with E-state index in [2.05, 4.69) is 10.0 Å². The summed E-state index contributed by atoms with van der Waals surface area (Å²) in [6.45, 7) is 2.52. The molecule has 4 nitrogen and oxygen atoms in total. The summed E-state index contributed by atoms with van der Waals surface area (Å²) in [7, 11) is -1.60. The van der Waals surface area contributed by atoms with Crippen LogP contribution < -0.4 is 10.0 Å². The molecule has 7 heteroatoms. The van der Waals surface area contributed by atoms with Gasteiger partial charge in [0.1, 0.15) is 4.21 Å². The van der Waals surface area contributed by atoms with Gasteiger partial charge in [-0.3, -0.25) is 0 Å². The molecule has 0 radical (unpaired) electrons. The summed E-state index contributed by atoms with van der Waals surface area (Å²) in [5.74, 6) is 0. The van der Waals surface area contributed by atoms with E-state index in [9.17, 15) is 8.42 Å². The normalized spacial score (nSPS) is 13.6. The Balaban J connectivity index is 2.13. The quantitative estimate of drug-likeness (QED) is 0.861. The Kier molecular flexibility index (Phi) is 4.75. The van der Waals surface area contributed by atoms with E-state index >= 15 is 0 Å². The lowest BCUT2D eigenvalue weighted by atomic mass is 10.2. The van der Waals surface area contributed by atoms with Gasteiger partial charge in [0.05, 0.1) is 0 Å². The first-order chi connectivity index (χ1) is 9.03. The van der Waals surface area contributed by atoms with Crippen LogP contribution in [0, 0.1) is 0 Å². The number of nitrogens with one attached hydrogen (secondary N) is 2. The molecule has 0 saturated carbocycles. The molecule has 0 bridgehead atoms. The van der Waals surface area contributed by atoms with Crippen LogP contribution in [0.5, 0.6) is 0 Å². The third-order valence-corrected chi connectivity index (χ3v) is 6.38. The van der Waals surface area contributed by atoms with Gasteiger partial charge in [0, 0.05) is 12.6 Å². The fourth-order valence-corrected chi connectivity index (χ4v) is 4.88. The zero-order chi connectivity index (χ0) is 13.9. The predicted octanol–water partition coefficient (Wildman–Crippen LogP) is 2.57. The van der Waals surface area contributed by atoms with Crippen molar-refractivity contribution in [3.05, 3.63) is 39.4 Å². The van der Waals surface area contributed by atoms with Gasteiger partial charge in [-0.05, 0) is 53.4 Å². The Morgan fingerprint density at radius 3 is 2.79 bits per heavy atom. The highest BCUT2D eigenvalue weighted by atomic mass is 32.2. The molecule has 2 aromatic heterocycles. The zero-order valence-electron chi connectivity index (χ0n) is 10.7. The molecule has 19 heavy (non-hydrogen) atoms. The van der Waals surface area contributed by atoms with E-state index in [1.807, 2.05) is 36.2 Å². The van der Waals surface area contributed by atoms with Crippen LogP contribution in [0.4, 0.5) is 0 Å². The lowest BCUT2D eigenvalue weighted by Gasteiger charge is -2.11. The molecule has 0 saturated heterocycles. The third kappa shape index (κ3) is 3.64. The monoisotopic (exact) mass is 316 g/mol. The van der Waals surface area contributed by atoms with E-state index in [4.69, 9.17) is 0 Å². The van der Waals surface area contributed by atoms with E-state index in [1.165, 1.54) is 11.3 Å². The van der Waals surface area contributed by atoms with Crippen LogP contribution in [0.3, 0.4) is 0 Å². The highest BCUT2D eigenvalue weighted by Gasteiger charge is 2.20. The first kappa shape index (κ1) is 14.7. The van der Waals surface area contributed by atoms with Gasteiger partial charge in [0.25, 0.3) is 10.0 Å². The van der Waals surface area contributed by atoms with Crippen LogP contribution in [0.15, 0.2) is 32.5 Å². The number of thiophene rings is 2. The van der Waals surface area contributed by atoms with Gasteiger partial charge in [-0.15, -0.1) is 11.3 Å². The minimum atomic E-state index is -3.44. The smallest absolute Gasteiger partial charge is 0.250 e. The number of hydrogen-bond donors (Lipinski definition) is 2. The summed E-state index contributed by atoms with van der Waals surface area (Å²) < 4.78 is 27.5.